The second kappa shape index (κ2) is 6.21. The standard InChI is InChI=1S/C17H25NS/c1-13-5-4-8-17(13)18-14-9-11-16(12-10-14)19-15-6-2-3-7-15/h9-13,15,17-18H,2-8H2,1H3. The zero-order chi connectivity index (χ0) is 13.1. The molecule has 1 aromatic rings. The van der Waals surface area contributed by atoms with E-state index < -0.39 is 0 Å². The predicted molar refractivity (Wildman–Crippen MR) is 85.0 cm³/mol. The summed E-state index contributed by atoms with van der Waals surface area (Å²) in [4.78, 5) is 1.44. The van der Waals surface area contributed by atoms with Crippen LogP contribution in [0.3, 0.4) is 0 Å². The van der Waals surface area contributed by atoms with Gasteiger partial charge >= 0.3 is 0 Å². The Hall–Kier alpha value is -0.630. The highest BCUT2D eigenvalue weighted by Gasteiger charge is 2.22. The van der Waals surface area contributed by atoms with Crippen molar-refractivity contribution in [3.63, 3.8) is 0 Å². The van der Waals surface area contributed by atoms with Crippen LogP contribution in [-0.2, 0) is 0 Å². The van der Waals surface area contributed by atoms with Gasteiger partial charge in [-0.3, -0.25) is 0 Å². The fraction of sp³-hybridized carbons (Fsp3) is 0.647. The quantitative estimate of drug-likeness (QED) is 0.798. The molecule has 104 valence electrons. The number of benzene rings is 1. The Labute approximate surface area is 121 Å². The summed E-state index contributed by atoms with van der Waals surface area (Å²) in [5.41, 5.74) is 1.30. The number of hydrogen-bond donors (Lipinski definition) is 1. The van der Waals surface area contributed by atoms with Crippen LogP contribution in [0, 0.1) is 5.92 Å². The summed E-state index contributed by atoms with van der Waals surface area (Å²) in [6.45, 7) is 2.37. The Bertz CT molecular complexity index is 394. The van der Waals surface area contributed by atoms with E-state index in [-0.39, 0.29) is 0 Å². The highest BCUT2D eigenvalue weighted by atomic mass is 32.2. The van der Waals surface area contributed by atoms with Crippen LogP contribution in [0.2, 0.25) is 0 Å². The summed E-state index contributed by atoms with van der Waals surface area (Å²) in [6.07, 6.45) is 9.77. The normalized spacial score (nSPS) is 27.8. The van der Waals surface area contributed by atoms with Crippen molar-refractivity contribution < 1.29 is 0 Å². The van der Waals surface area contributed by atoms with Gasteiger partial charge in [0.15, 0.2) is 0 Å². The summed E-state index contributed by atoms with van der Waals surface area (Å²) < 4.78 is 0. The van der Waals surface area contributed by atoms with E-state index in [0.29, 0.717) is 6.04 Å². The van der Waals surface area contributed by atoms with Crippen molar-refractivity contribution in [2.75, 3.05) is 5.32 Å². The first-order valence-corrected chi connectivity index (χ1v) is 8.72. The number of thioether (sulfide) groups is 1. The minimum Gasteiger partial charge on any atom is -0.382 e. The van der Waals surface area contributed by atoms with E-state index >= 15 is 0 Å². The topological polar surface area (TPSA) is 12.0 Å². The number of nitrogens with one attached hydrogen (secondary N) is 1. The SMILES string of the molecule is CC1CCCC1Nc1ccc(SC2CCCC2)cc1. The monoisotopic (exact) mass is 275 g/mol. The third-order valence-corrected chi connectivity index (χ3v) is 6.02. The fourth-order valence-electron chi connectivity index (χ4n) is 3.40. The van der Waals surface area contributed by atoms with Gasteiger partial charge in [-0.15, -0.1) is 11.8 Å². The summed E-state index contributed by atoms with van der Waals surface area (Å²) in [6, 6.07) is 9.81. The van der Waals surface area contributed by atoms with Crippen LogP contribution in [-0.4, -0.2) is 11.3 Å². The van der Waals surface area contributed by atoms with E-state index in [1.807, 2.05) is 0 Å². The molecule has 2 saturated carbocycles. The second-order valence-electron chi connectivity index (χ2n) is 6.21. The largest absolute Gasteiger partial charge is 0.382 e. The molecule has 0 aliphatic heterocycles. The van der Waals surface area contributed by atoms with Gasteiger partial charge in [-0.1, -0.05) is 26.2 Å². The Kier molecular flexibility index (Phi) is 4.37. The lowest BCUT2D eigenvalue weighted by Gasteiger charge is -2.19. The van der Waals surface area contributed by atoms with E-state index in [1.54, 1.807) is 0 Å². The third-order valence-electron chi connectivity index (χ3n) is 4.67. The van der Waals surface area contributed by atoms with Gasteiger partial charge in [0.25, 0.3) is 0 Å². The van der Waals surface area contributed by atoms with Crippen LogP contribution in [0.25, 0.3) is 0 Å². The van der Waals surface area contributed by atoms with Gasteiger partial charge in [-0.05, 0) is 55.9 Å². The summed E-state index contributed by atoms with van der Waals surface area (Å²) >= 11 is 2.08. The first-order valence-electron chi connectivity index (χ1n) is 7.84. The smallest absolute Gasteiger partial charge is 0.0343 e. The molecule has 0 heterocycles. The van der Waals surface area contributed by atoms with Crippen molar-refractivity contribution in [2.45, 2.75) is 68.1 Å². The van der Waals surface area contributed by atoms with Gasteiger partial charge < -0.3 is 5.32 Å². The van der Waals surface area contributed by atoms with Crippen molar-refractivity contribution in [3.05, 3.63) is 24.3 Å². The van der Waals surface area contributed by atoms with Gasteiger partial charge in [0.1, 0.15) is 0 Å². The molecule has 0 spiro atoms. The molecule has 2 atom stereocenters. The van der Waals surface area contributed by atoms with E-state index in [4.69, 9.17) is 0 Å². The summed E-state index contributed by atoms with van der Waals surface area (Å²) in [5, 5.41) is 4.57. The molecule has 2 aliphatic rings. The van der Waals surface area contributed by atoms with E-state index in [9.17, 15) is 0 Å². The molecule has 0 amide bonds. The third kappa shape index (κ3) is 3.47. The minimum absolute atomic E-state index is 0.688. The number of rotatable bonds is 4. The predicted octanol–water partition coefficient (Wildman–Crippen LogP) is 5.32. The average Bonchev–Trinajstić information content (AvgIpc) is 3.05. The minimum atomic E-state index is 0.688. The zero-order valence-corrected chi connectivity index (χ0v) is 12.7. The number of hydrogen-bond acceptors (Lipinski definition) is 2. The molecule has 2 fully saturated rings. The lowest BCUT2D eigenvalue weighted by Crippen LogP contribution is -2.21. The first-order chi connectivity index (χ1) is 9.31. The van der Waals surface area contributed by atoms with Crippen LogP contribution in [0.5, 0.6) is 0 Å². The van der Waals surface area contributed by atoms with Crippen LogP contribution in [0.1, 0.15) is 51.9 Å². The highest BCUT2D eigenvalue weighted by Crippen LogP contribution is 2.35. The van der Waals surface area contributed by atoms with Crippen LogP contribution >= 0.6 is 11.8 Å². The van der Waals surface area contributed by atoms with E-state index in [2.05, 4.69) is 48.3 Å². The highest BCUT2D eigenvalue weighted by molar-refractivity contribution is 8.00. The number of anilines is 1. The van der Waals surface area contributed by atoms with Gasteiger partial charge in [-0.25, -0.2) is 0 Å². The molecule has 1 nitrogen and oxygen atoms in total. The van der Waals surface area contributed by atoms with Crippen LogP contribution in [0.4, 0.5) is 5.69 Å². The van der Waals surface area contributed by atoms with Crippen molar-refractivity contribution in [3.8, 4) is 0 Å². The van der Waals surface area contributed by atoms with E-state index in [1.165, 1.54) is 55.5 Å². The van der Waals surface area contributed by atoms with Crippen molar-refractivity contribution in [2.24, 2.45) is 5.92 Å². The van der Waals surface area contributed by atoms with Crippen molar-refractivity contribution >= 4 is 17.4 Å². The molecule has 3 rings (SSSR count). The molecule has 0 bridgehead atoms. The molecule has 19 heavy (non-hydrogen) atoms. The molecule has 1 N–H and O–H groups in total. The second-order valence-corrected chi connectivity index (χ2v) is 7.58. The molecule has 0 saturated heterocycles. The van der Waals surface area contributed by atoms with Gasteiger partial charge in [-0.2, -0.15) is 0 Å². The maximum absolute atomic E-state index is 3.70. The zero-order valence-electron chi connectivity index (χ0n) is 11.9. The van der Waals surface area contributed by atoms with Crippen LogP contribution < -0.4 is 5.32 Å². The van der Waals surface area contributed by atoms with Crippen molar-refractivity contribution in [1.29, 1.82) is 0 Å². The Morgan fingerprint density at radius 3 is 2.32 bits per heavy atom. The molecule has 0 radical (unpaired) electrons. The molecule has 2 aliphatic carbocycles. The van der Waals surface area contributed by atoms with Gasteiger partial charge in [0.2, 0.25) is 0 Å². The molecule has 2 heteroatoms. The lowest BCUT2D eigenvalue weighted by atomic mass is 10.1. The van der Waals surface area contributed by atoms with E-state index in [0.717, 1.165) is 11.2 Å². The van der Waals surface area contributed by atoms with Crippen LogP contribution in [0.15, 0.2) is 29.2 Å². The summed E-state index contributed by atoms with van der Waals surface area (Å²) in [7, 11) is 0. The molecule has 2 unspecified atom stereocenters. The lowest BCUT2D eigenvalue weighted by molar-refractivity contribution is 0.556. The van der Waals surface area contributed by atoms with Gasteiger partial charge in [0.05, 0.1) is 0 Å². The Morgan fingerprint density at radius 1 is 0.947 bits per heavy atom. The molecule has 1 aromatic carbocycles. The molecular weight excluding hydrogens is 250 g/mol. The van der Waals surface area contributed by atoms with Crippen molar-refractivity contribution in [1.82, 2.24) is 0 Å². The van der Waals surface area contributed by atoms with Gasteiger partial charge in [0, 0.05) is 21.9 Å². The summed E-state index contributed by atoms with van der Waals surface area (Å²) in [5.74, 6) is 0.826. The molecular formula is C17H25NS. The Morgan fingerprint density at radius 2 is 1.68 bits per heavy atom. The fourth-order valence-corrected chi connectivity index (χ4v) is 4.65. The molecule has 0 aromatic heterocycles. The first kappa shape index (κ1) is 13.4. The average molecular weight is 275 g/mol. The maximum Gasteiger partial charge on any atom is 0.0343 e. The maximum atomic E-state index is 3.70. The Balaban J connectivity index is 1.55.